The number of aromatic nitrogens is 1. The molecule has 2 aliphatic heterocycles. The fourth-order valence-electron chi connectivity index (χ4n) is 3.46. The SMILES string of the molecule is C[C@H](NC1CCN2CCCC2C1)c1cccnc1. The van der Waals surface area contributed by atoms with Crippen LogP contribution in [0.5, 0.6) is 0 Å². The molecule has 2 saturated heterocycles. The Labute approximate surface area is 110 Å². The maximum absolute atomic E-state index is 4.20. The summed E-state index contributed by atoms with van der Waals surface area (Å²) in [5.41, 5.74) is 1.30. The summed E-state index contributed by atoms with van der Waals surface area (Å²) in [5.74, 6) is 0. The average molecular weight is 245 g/mol. The van der Waals surface area contributed by atoms with Gasteiger partial charge in [-0.05, 0) is 57.3 Å². The highest BCUT2D eigenvalue weighted by Gasteiger charge is 2.31. The fraction of sp³-hybridized carbons (Fsp3) is 0.667. The number of rotatable bonds is 3. The number of pyridine rings is 1. The Morgan fingerprint density at radius 1 is 1.39 bits per heavy atom. The molecule has 0 spiro atoms. The first-order valence-electron chi connectivity index (χ1n) is 7.23. The lowest BCUT2D eigenvalue weighted by Gasteiger charge is -2.36. The Hall–Kier alpha value is -0.930. The summed E-state index contributed by atoms with van der Waals surface area (Å²) in [4.78, 5) is 6.88. The third-order valence-electron chi connectivity index (χ3n) is 4.49. The van der Waals surface area contributed by atoms with Gasteiger partial charge in [-0.3, -0.25) is 4.98 Å². The number of piperidine rings is 1. The minimum atomic E-state index is 0.414. The molecule has 3 atom stereocenters. The van der Waals surface area contributed by atoms with E-state index in [4.69, 9.17) is 0 Å². The van der Waals surface area contributed by atoms with E-state index in [9.17, 15) is 0 Å². The largest absolute Gasteiger partial charge is 0.307 e. The molecule has 3 rings (SSSR count). The standard InChI is InChI=1S/C15H23N3/c1-12(13-4-2-7-16-11-13)17-14-6-9-18-8-3-5-15(18)10-14/h2,4,7,11-12,14-15,17H,3,5-6,8-10H2,1H3/t12-,14?,15?/m0/s1. The molecule has 0 radical (unpaired) electrons. The van der Waals surface area contributed by atoms with Gasteiger partial charge in [0.05, 0.1) is 0 Å². The molecule has 1 aromatic rings. The van der Waals surface area contributed by atoms with Crippen molar-refractivity contribution in [2.24, 2.45) is 0 Å². The zero-order chi connectivity index (χ0) is 12.4. The van der Waals surface area contributed by atoms with E-state index in [0.717, 1.165) is 6.04 Å². The van der Waals surface area contributed by atoms with E-state index >= 15 is 0 Å². The first-order chi connectivity index (χ1) is 8.83. The van der Waals surface area contributed by atoms with Gasteiger partial charge in [-0.15, -0.1) is 0 Å². The summed E-state index contributed by atoms with van der Waals surface area (Å²) >= 11 is 0. The van der Waals surface area contributed by atoms with Crippen LogP contribution in [0.1, 0.15) is 44.2 Å². The molecule has 2 fully saturated rings. The van der Waals surface area contributed by atoms with Crippen molar-refractivity contribution in [1.29, 1.82) is 0 Å². The molecule has 0 bridgehead atoms. The van der Waals surface area contributed by atoms with E-state index in [1.165, 1.54) is 44.3 Å². The van der Waals surface area contributed by atoms with E-state index < -0.39 is 0 Å². The smallest absolute Gasteiger partial charge is 0.0315 e. The second kappa shape index (κ2) is 5.37. The molecule has 3 heterocycles. The lowest BCUT2D eigenvalue weighted by Crippen LogP contribution is -2.46. The van der Waals surface area contributed by atoms with E-state index in [1.54, 1.807) is 0 Å². The Morgan fingerprint density at radius 2 is 2.33 bits per heavy atom. The molecular formula is C15H23N3. The highest BCUT2D eigenvalue weighted by Crippen LogP contribution is 2.28. The van der Waals surface area contributed by atoms with Crippen molar-refractivity contribution < 1.29 is 0 Å². The third kappa shape index (κ3) is 2.57. The Bertz CT molecular complexity index is 379. The van der Waals surface area contributed by atoms with Gasteiger partial charge in [0.1, 0.15) is 0 Å². The number of fused-ring (bicyclic) bond motifs is 1. The first-order valence-corrected chi connectivity index (χ1v) is 7.23. The first kappa shape index (κ1) is 12.1. The summed E-state index contributed by atoms with van der Waals surface area (Å²) < 4.78 is 0. The van der Waals surface area contributed by atoms with Gasteiger partial charge in [0, 0.05) is 30.5 Å². The van der Waals surface area contributed by atoms with Crippen molar-refractivity contribution in [2.75, 3.05) is 13.1 Å². The van der Waals surface area contributed by atoms with Crippen molar-refractivity contribution in [3.05, 3.63) is 30.1 Å². The Kier molecular flexibility index (Phi) is 3.62. The van der Waals surface area contributed by atoms with Crippen molar-refractivity contribution in [3.63, 3.8) is 0 Å². The van der Waals surface area contributed by atoms with Crippen LogP contribution in [-0.2, 0) is 0 Å². The number of hydrogen-bond donors (Lipinski definition) is 1. The molecule has 2 aliphatic rings. The average Bonchev–Trinajstić information content (AvgIpc) is 2.87. The summed E-state index contributed by atoms with van der Waals surface area (Å²) in [6, 6.07) is 6.12. The number of hydrogen-bond acceptors (Lipinski definition) is 3. The molecule has 1 aromatic heterocycles. The summed E-state index contributed by atoms with van der Waals surface area (Å²) in [6.07, 6.45) is 9.23. The summed E-state index contributed by atoms with van der Waals surface area (Å²) in [7, 11) is 0. The maximum Gasteiger partial charge on any atom is 0.0315 e. The molecule has 18 heavy (non-hydrogen) atoms. The van der Waals surface area contributed by atoms with Gasteiger partial charge in [0.2, 0.25) is 0 Å². The van der Waals surface area contributed by atoms with Crippen LogP contribution in [0.15, 0.2) is 24.5 Å². The fourth-order valence-corrected chi connectivity index (χ4v) is 3.46. The lowest BCUT2D eigenvalue weighted by atomic mass is 9.96. The van der Waals surface area contributed by atoms with E-state index in [2.05, 4.69) is 28.2 Å². The van der Waals surface area contributed by atoms with Crippen molar-refractivity contribution in [2.45, 2.75) is 50.7 Å². The van der Waals surface area contributed by atoms with Crippen LogP contribution >= 0.6 is 0 Å². The monoisotopic (exact) mass is 245 g/mol. The van der Waals surface area contributed by atoms with E-state index in [-0.39, 0.29) is 0 Å². The van der Waals surface area contributed by atoms with Gasteiger partial charge in [0.15, 0.2) is 0 Å². The van der Waals surface area contributed by atoms with Crippen LogP contribution in [0, 0.1) is 0 Å². The molecule has 1 N–H and O–H groups in total. The van der Waals surface area contributed by atoms with Gasteiger partial charge in [-0.2, -0.15) is 0 Å². The molecule has 3 heteroatoms. The van der Waals surface area contributed by atoms with Crippen LogP contribution < -0.4 is 5.32 Å². The van der Waals surface area contributed by atoms with Gasteiger partial charge in [-0.25, -0.2) is 0 Å². The molecular weight excluding hydrogens is 222 g/mol. The molecule has 98 valence electrons. The van der Waals surface area contributed by atoms with Crippen molar-refractivity contribution in [1.82, 2.24) is 15.2 Å². The minimum Gasteiger partial charge on any atom is -0.307 e. The van der Waals surface area contributed by atoms with Crippen LogP contribution in [0.3, 0.4) is 0 Å². The second-order valence-corrected chi connectivity index (χ2v) is 5.73. The van der Waals surface area contributed by atoms with Crippen LogP contribution in [0.25, 0.3) is 0 Å². The molecule has 0 saturated carbocycles. The van der Waals surface area contributed by atoms with Gasteiger partial charge in [0.25, 0.3) is 0 Å². The van der Waals surface area contributed by atoms with Crippen LogP contribution in [0.2, 0.25) is 0 Å². The van der Waals surface area contributed by atoms with Crippen molar-refractivity contribution in [3.8, 4) is 0 Å². The highest BCUT2D eigenvalue weighted by atomic mass is 15.2. The quantitative estimate of drug-likeness (QED) is 0.886. The third-order valence-corrected chi connectivity index (χ3v) is 4.49. The zero-order valence-corrected chi connectivity index (χ0v) is 11.2. The van der Waals surface area contributed by atoms with Gasteiger partial charge < -0.3 is 10.2 Å². The Balaban J connectivity index is 1.57. The lowest BCUT2D eigenvalue weighted by molar-refractivity contribution is 0.162. The Morgan fingerprint density at radius 3 is 3.17 bits per heavy atom. The van der Waals surface area contributed by atoms with Crippen molar-refractivity contribution >= 4 is 0 Å². The summed E-state index contributed by atoms with van der Waals surface area (Å²) in [5, 5.41) is 3.78. The van der Waals surface area contributed by atoms with Gasteiger partial charge in [-0.1, -0.05) is 6.07 Å². The second-order valence-electron chi connectivity index (χ2n) is 5.73. The van der Waals surface area contributed by atoms with Crippen LogP contribution in [-0.4, -0.2) is 35.1 Å². The van der Waals surface area contributed by atoms with E-state index in [1.807, 2.05) is 18.5 Å². The predicted octanol–water partition coefficient (Wildman–Crippen LogP) is 2.36. The normalized spacial score (nSPS) is 30.1. The minimum absolute atomic E-state index is 0.414. The van der Waals surface area contributed by atoms with Crippen LogP contribution in [0.4, 0.5) is 0 Å². The van der Waals surface area contributed by atoms with Gasteiger partial charge >= 0.3 is 0 Å². The molecule has 2 unspecified atom stereocenters. The van der Waals surface area contributed by atoms with E-state index in [0.29, 0.717) is 12.1 Å². The number of nitrogens with one attached hydrogen (secondary N) is 1. The number of nitrogens with zero attached hydrogens (tertiary/aromatic N) is 2. The zero-order valence-electron chi connectivity index (χ0n) is 11.2. The maximum atomic E-state index is 4.20. The highest BCUT2D eigenvalue weighted by molar-refractivity contribution is 5.13. The summed E-state index contributed by atoms with van der Waals surface area (Å²) in [6.45, 7) is 4.86. The molecule has 0 aliphatic carbocycles. The topological polar surface area (TPSA) is 28.2 Å². The molecule has 0 aromatic carbocycles. The predicted molar refractivity (Wildman–Crippen MR) is 73.4 cm³/mol. The molecule has 0 amide bonds. The molecule has 3 nitrogen and oxygen atoms in total.